The van der Waals surface area contributed by atoms with E-state index in [0.29, 0.717) is 22.0 Å². The quantitative estimate of drug-likeness (QED) is 0.522. The van der Waals surface area contributed by atoms with E-state index < -0.39 is 17.9 Å². The van der Waals surface area contributed by atoms with Crippen molar-refractivity contribution >= 4 is 29.2 Å². The highest BCUT2D eigenvalue weighted by molar-refractivity contribution is 6.33. The van der Waals surface area contributed by atoms with Crippen molar-refractivity contribution in [2.24, 2.45) is 5.73 Å². The number of ether oxygens (including phenoxy) is 2. The van der Waals surface area contributed by atoms with Gasteiger partial charge < -0.3 is 15.2 Å². The summed E-state index contributed by atoms with van der Waals surface area (Å²) in [4.78, 5) is 27.8. The molecule has 2 aromatic carbocycles. The fraction of sp³-hybridized carbons (Fsp3) is 0.154. The predicted octanol–water partition coefficient (Wildman–Crippen LogP) is 3.73. The molecule has 0 amide bonds. The van der Waals surface area contributed by atoms with Crippen LogP contribution in [0, 0.1) is 18.3 Å². The molecule has 0 aliphatic carbocycles. The van der Waals surface area contributed by atoms with Gasteiger partial charge in [0.1, 0.15) is 17.2 Å². The number of aryl methyl sites for hydroxylation is 1. The Bertz CT molecular complexity index is 1450. The van der Waals surface area contributed by atoms with Crippen molar-refractivity contribution < 1.29 is 19.1 Å². The van der Waals surface area contributed by atoms with Crippen LogP contribution in [-0.2, 0) is 19.1 Å². The molecule has 0 fully saturated rings. The smallest absolute Gasteiger partial charge is 0.355 e. The number of hydrogen-bond donors (Lipinski definition) is 1. The van der Waals surface area contributed by atoms with Crippen LogP contribution in [0.5, 0.6) is 0 Å². The third-order valence-corrected chi connectivity index (χ3v) is 6.06. The number of aromatic nitrogens is 2. The minimum atomic E-state index is -0.969. The van der Waals surface area contributed by atoms with Crippen LogP contribution in [0.1, 0.15) is 17.0 Å². The molecular formula is C26H22ClN5O4. The van der Waals surface area contributed by atoms with E-state index in [1.807, 2.05) is 6.92 Å². The minimum absolute atomic E-state index is 0.0526. The van der Waals surface area contributed by atoms with Crippen LogP contribution in [0.4, 0.5) is 5.69 Å². The Morgan fingerprint density at radius 2 is 1.78 bits per heavy atom. The first-order chi connectivity index (χ1) is 17.3. The molecule has 2 heterocycles. The zero-order chi connectivity index (χ0) is 26.0. The van der Waals surface area contributed by atoms with Crippen LogP contribution >= 0.6 is 11.6 Å². The zero-order valence-electron chi connectivity index (χ0n) is 19.7. The number of carbonyl (C=O) groups is 2. The van der Waals surface area contributed by atoms with Crippen molar-refractivity contribution in [2.75, 3.05) is 19.1 Å². The van der Waals surface area contributed by atoms with Crippen molar-refractivity contribution in [1.82, 2.24) is 9.78 Å². The van der Waals surface area contributed by atoms with Crippen molar-refractivity contribution in [3.63, 3.8) is 0 Å². The molecule has 36 heavy (non-hydrogen) atoms. The SMILES string of the molecule is COC(=O)C1=C(C(=O)OC)N(c2cccc(Cl)c2-n2cc(C)cn2)C(N)=C(C#N)C1c1ccccc1. The predicted molar refractivity (Wildman–Crippen MR) is 133 cm³/mol. The summed E-state index contributed by atoms with van der Waals surface area (Å²) in [5.74, 6) is -2.69. The number of esters is 2. The molecule has 1 aliphatic rings. The van der Waals surface area contributed by atoms with E-state index in [0.717, 1.165) is 5.56 Å². The summed E-state index contributed by atoms with van der Waals surface area (Å²) in [5.41, 5.74) is 8.50. The molecule has 182 valence electrons. The first-order valence-electron chi connectivity index (χ1n) is 10.8. The molecule has 9 nitrogen and oxygen atoms in total. The second-order valence-electron chi connectivity index (χ2n) is 7.91. The van der Waals surface area contributed by atoms with Crippen LogP contribution in [0.2, 0.25) is 5.02 Å². The maximum absolute atomic E-state index is 13.3. The lowest BCUT2D eigenvalue weighted by molar-refractivity contribution is -0.139. The maximum atomic E-state index is 13.3. The van der Waals surface area contributed by atoms with E-state index in [1.54, 1.807) is 60.9 Å². The minimum Gasteiger partial charge on any atom is -0.466 e. The number of nitriles is 1. The average molecular weight is 504 g/mol. The Morgan fingerprint density at radius 3 is 2.36 bits per heavy atom. The number of hydrogen-bond acceptors (Lipinski definition) is 8. The average Bonchev–Trinajstić information content (AvgIpc) is 3.32. The van der Waals surface area contributed by atoms with Crippen LogP contribution in [0.15, 0.2) is 83.6 Å². The first kappa shape index (κ1) is 24.6. The Hall–Kier alpha value is -4.55. The summed E-state index contributed by atoms with van der Waals surface area (Å²) < 4.78 is 11.7. The van der Waals surface area contributed by atoms with E-state index in [1.165, 1.54) is 23.8 Å². The van der Waals surface area contributed by atoms with Gasteiger partial charge in [-0.25, -0.2) is 14.3 Å². The number of nitrogens with zero attached hydrogens (tertiary/aromatic N) is 4. The van der Waals surface area contributed by atoms with Crippen molar-refractivity contribution in [2.45, 2.75) is 12.8 Å². The highest BCUT2D eigenvalue weighted by Crippen LogP contribution is 2.45. The number of allylic oxidation sites excluding steroid dienone is 1. The summed E-state index contributed by atoms with van der Waals surface area (Å²) in [6.07, 6.45) is 3.39. The molecule has 3 aromatic rings. The normalized spacial score (nSPS) is 15.5. The van der Waals surface area contributed by atoms with Crippen molar-refractivity contribution in [3.05, 3.63) is 99.7 Å². The van der Waals surface area contributed by atoms with E-state index in [2.05, 4.69) is 11.2 Å². The second-order valence-corrected chi connectivity index (χ2v) is 8.31. The summed E-state index contributed by atoms with van der Waals surface area (Å²) in [5, 5.41) is 14.9. The molecule has 0 saturated carbocycles. The number of carbonyl (C=O) groups excluding carboxylic acids is 2. The highest BCUT2D eigenvalue weighted by Gasteiger charge is 2.43. The number of nitrogens with two attached hydrogens (primary N) is 1. The molecule has 0 radical (unpaired) electrons. The largest absolute Gasteiger partial charge is 0.466 e. The molecule has 10 heteroatoms. The topological polar surface area (TPSA) is 123 Å². The van der Waals surface area contributed by atoms with Gasteiger partial charge in [0.05, 0.1) is 54.3 Å². The highest BCUT2D eigenvalue weighted by atomic mass is 35.5. The fourth-order valence-electron chi connectivity index (χ4n) is 4.21. The van der Waals surface area contributed by atoms with Crippen molar-refractivity contribution in [3.8, 4) is 11.8 Å². The summed E-state index contributed by atoms with van der Waals surface area (Å²) in [6.45, 7) is 1.86. The van der Waals surface area contributed by atoms with Gasteiger partial charge >= 0.3 is 11.9 Å². The molecule has 0 saturated heterocycles. The molecule has 1 unspecified atom stereocenters. The number of benzene rings is 2. The van der Waals surface area contributed by atoms with Gasteiger partial charge in [-0.2, -0.15) is 10.4 Å². The van der Waals surface area contributed by atoms with Gasteiger partial charge in [0.25, 0.3) is 0 Å². The van der Waals surface area contributed by atoms with Gasteiger partial charge in [0.15, 0.2) is 0 Å². The Morgan fingerprint density at radius 1 is 1.08 bits per heavy atom. The molecule has 1 atom stereocenters. The van der Waals surface area contributed by atoms with Gasteiger partial charge in [0, 0.05) is 6.20 Å². The first-order valence-corrected chi connectivity index (χ1v) is 11.2. The van der Waals surface area contributed by atoms with Crippen LogP contribution in [-0.4, -0.2) is 35.9 Å². The molecular weight excluding hydrogens is 482 g/mol. The monoisotopic (exact) mass is 503 g/mol. The van der Waals surface area contributed by atoms with Crippen molar-refractivity contribution in [1.29, 1.82) is 5.26 Å². The Kier molecular flexibility index (Phi) is 6.81. The Balaban J connectivity index is 2.12. The van der Waals surface area contributed by atoms with Gasteiger partial charge in [-0.15, -0.1) is 0 Å². The van der Waals surface area contributed by atoms with Gasteiger partial charge in [-0.05, 0) is 30.2 Å². The lowest BCUT2D eigenvalue weighted by Crippen LogP contribution is -2.41. The zero-order valence-corrected chi connectivity index (χ0v) is 20.5. The van der Waals surface area contributed by atoms with Gasteiger partial charge in [-0.1, -0.05) is 48.0 Å². The number of halogens is 1. The lowest BCUT2D eigenvalue weighted by Gasteiger charge is -2.36. The standard InChI is InChI=1S/C26H22ClN5O4/c1-15-13-30-31(14-15)22-18(27)10-7-11-19(22)32-23(26(34)36-3)21(25(33)35-2)20(17(12-28)24(32)29)16-8-5-4-6-9-16/h4-11,13-14,20H,29H2,1-3H3. The second kappa shape index (κ2) is 9.98. The maximum Gasteiger partial charge on any atom is 0.355 e. The van der Waals surface area contributed by atoms with Gasteiger partial charge in [-0.3, -0.25) is 4.90 Å². The summed E-state index contributed by atoms with van der Waals surface area (Å²) >= 11 is 6.59. The van der Waals surface area contributed by atoms with Crippen LogP contribution < -0.4 is 10.6 Å². The van der Waals surface area contributed by atoms with Crippen LogP contribution in [0.3, 0.4) is 0 Å². The number of para-hydroxylation sites is 1. The molecule has 1 aromatic heterocycles. The molecule has 4 rings (SSSR count). The van der Waals surface area contributed by atoms with E-state index in [4.69, 9.17) is 26.8 Å². The lowest BCUT2D eigenvalue weighted by atomic mass is 9.81. The third kappa shape index (κ3) is 4.08. The van der Waals surface area contributed by atoms with E-state index in [9.17, 15) is 14.9 Å². The molecule has 1 aliphatic heterocycles. The fourth-order valence-corrected chi connectivity index (χ4v) is 4.47. The van der Waals surface area contributed by atoms with Crippen LogP contribution in [0.25, 0.3) is 5.69 Å². The van der Waals surface area contributed by atoms with E-state index in [-0.39, 0.29) is 22.7 Å². The molecule has 0 spiro atoms. The summed E-state index contributed by atoms with van der Waals surface area (Å²) in [6, 6.07) is 15.9. The molecule has 2 N–H and O–H groups in total. The number of rotatable bonds is 5. The number of methoxy groups -OCH3 is 2. The molecule has 0 bridgehead atoms. The summed E-state index contributed by atoms with van der Waals surface area (Å²) in [7, 11) is 2.39. The Labute approximate surface area is 212 Å². The number of anilines is 1. The van der Waals surface area contributed by atoms with Gasteiger partial charge in [0.2, 0.25) is 0 Å². The third-order valence-electron chi connectivity index (χ3n) is 5.76. The van der Waals surface area contributed by atoms with E-state index >= 15 is 0 Å².